The van der Waals surface area contributed by atoms with E-state index in [4.69, 9.17) is 4.74 Å². The number of halogens is 2. The molecule has 0 radical (unpaired) electrons. The van der Waals surface area contributed by atoms with Gasteiger partial charge in [0.15, 0.2) is 0 Å². The lowest BCUT2D eigenvalue weighted by molar-refractivity contribution is 0.0704. The van der Waals surface area contributed by atoms with E-state index in [0.29, 0.717) is 24.0 Å². The van der Waals surface area contributed by atoms with Gasteiger partial charge < -0.3 is 19.9 Å². The minimum absolute atomic E-state index is 0. The molecule has 1 aliphatic heterocycles. The van der Waals surface area contributed by atoms with Crippen LogP contribution in [0.3, 0.4) is 0 Å². The number of para-hydroxylation sites is 1. The van der Waals surface area contributed by atoms with Crippen LogP contribution in [-0.4, -0.2) is 68.6 Å². The summed E-state index contributed by atoms with van der Waals surface area (Å²) in [4.78, 5) is 16.6. The molecule has 1 atom stereocenters. The van der Waals surface area contributed by atoms with Crippen LogP contribution in [0.2, 0.25) is 0 Å². The summed E-state index contributed by atoms with van der Waals surface area (Å²) in [5.41, 5.74) is 0.658. The molecule has 1 aromatic carbocycles. The van der Waals surface area contributed by atoms with E-state index in [1.54, 1.807) is 0 Å². The van der Waals surface area contributed by atoms with Gasteiger partial charge in [-0.3, -0.25) is 4.79 Å². The average molecular weight is 364 g/mol. The summed E-state index contributed by atoms with van der Waals surface area (Å²) in [5.74, 6) is 0.735. The van der Waals surface area contributed by atoms with Gasteiger partial charge in [0, 0.05) is 32.2 Å². The molecule has 0 aromatic heterocycles. The standard InChI is InChI=1S/C16H25N3O2.2ClH/c1-13-12-19(9-8-17-13)16(20)14-6-4-5-7-15(14)21-11-10-18(2)3;;/h4-7,13,17H,8-12H2,1-3H3;2*1H. The molecule has 0 saturated carbocycles. The third kappa shape index (κ3) is 6.55. The summed E-state index contributed by atoms with van der Waals surface area (Å²) in [7, 11) is 4.01. The molecular formula is C16H27Cl2N3O2. The first-order valence-electron chi connectivity index (χ1n) is 7.47. The van der Waals surface area contributed by atoms with Crippen molar-refractivity contribution < 1.29 is 9.53 Å². The zero-order chi connectivity index (χ0) is 15.2. The highest BCUT2D eigenvalue weighted by atomic mass is 35.5. The van der Waals surface area contributed by atoms with Crippen molar-refractivity contribution in [2.75, 3.05) is 46.9 Å². The van der Waals surface area contributed by atoms with Gasteiger partial charge in [0.1, 0.15) is 12.4 Å². The zero-order valence-corrected chi connectivity index (χ0v) is 15.6. The molecule has 1 aliphatic rings. The van der Waals surface area contributed by atoms with E-state index >= 15 is 0 Å². The van der Waals surface area contributed by atoms with Gasteiger partial charge in [-0.25, -0.2) is 0 Å². The number of hydrogen-bond donors (Lipinski definition) is 1. The summed E-state index contributed by atoms with van der Waals surface area (Å²) in [6.07, 6.45) is 0. The molecule has 1 amide bonds. The zero-order valence-electron chi connectivity index (χ0n) is 13.9. The Bertz CT molecular complexity index is 486. The highest BCUT2D eigenvalue weighted by molar-refractivity contribution is 5.97. The van der Waals surface area contributed by atoms with Crippen molar-refractivity contribution in [3.63, 3.8) is 0 Å². The van der Waals surface area contributed by atoms with Gasteiger partial charge in [0.2, 0.25) is 0 Å². The van der Waals surface area contributed by atoms with Crippen LogP contribution in [0.4, 0.5) is 0 Å². The van der Waals surface area contributed by atoms with Crippen molar-refractivity contribution in [1.82, 2.24) is 15.1 Å². The maximum Gasteiger partial charge on any atom is 0.257 e. The third-order valence-electron chi connectivity index (χ3n) is 3.57. The number of nitrogens with one attached hydrogen (secondary N) is 1. The van der Waals surface area contributed by atoms with Crippen molar-refractivity contribution in [2.45, 2.75) is 13.0 Å². The highest BCUT2D eigenvalue weighted by Gasteiger charge is 2.23. The minimum atomic E-state index is 0. The number of carbonyl (C=O) groups excluding carboxylic acids is 1. The smallest absolute Gasteiger partial charge is 0.257 e. The highest BCUT2D eigenvalue weighted by Crippen LogP contribution is 2.20. The molecule has 1 N–H and O–H groups in total. The van der Waals surface area contributed by atoms with Crippen LogP contribution in [-0.2, 0) is 0 Å². The Labute approximate surface area is 151 Å². The molecule has 0 bridgehead atoms. The fourth-order valence-electron chi connectivity index (χ4n) is 2.39. The van der Waals surface area contributed by atoms with E-state index in [2.05, 4.69) is 17.1 Å². The maximum absolute atomic E-state index is 12.7. The molecule has 0 aliphatic carbocycles. The second-order valence-electron chi connectivity index (χ2n) is 5.75. The van der Waals surface area contributed by atoms with Gasteiger partial charge in [-0.15, -0.1) is 24.8 Å². The first-order valence-corrected chi connectivity index (χ1v) is 7.47. The molecule has 23 heavy (non-hydrogen) atoms. The van der Waals surface area contributed by atoms with E-state index < -0.39 is 0 Å². The molecule has 5 nitrogen and oxygen atoms in total. The number of benzene rings is 1. The third-order valence-corrected chi connectivity index (χ3v) is 3.57. The fourth-order valence-corrected chi connectivity index (χ4v) is 2.39. The number of amides is 1. The van der Waals surface area contributed by atoms with Crippen LogP contribution >= 0.6 is 24.8 Å². The van der Waals surface area contributed by atoms with E-state index in [0.717, 1.165) is 26.2 Å². The molecule has 1 unspecified atom stereocenters. The predicted molar refractivity (Wildman–Crippen MR) is 98.4 cm³/mol. The number of piperazine rings is 1. The summed E-state index contributed by atoms with van der Waals surface area (Å²) >= 11 is 0. The SMILES string of the molecule is CC1CN(C(=O)c2ccccc2OCCN(C)C)CCN1.Cl.Cl. The molecule has 7 heteroatoms. The maximum atomic E-state index is 12.7. The van der Waals surface area contributed by atoms with Gasteiger partial charge in [0.05, 0.1) is 5.56 Å². The normalized spacial score (nSPS) is 17.2. The van der Waals surface area contributed by atoms with Gasteiger partial charge in [0.25, 0.3) is 5.91 Å². The Kier molecular flexibility index (Phi) is 10.2. The van der Waals surface area contributed by atoms with Crippen molar-refractivity contribution >= 4 is 30.7 Å². The molecule has 1 fully saturated rings. The van der Waals surface area contributed by atoms with Crippen LogP contribution in [0, 0.1) is 0 Å². The van der Waals surface area contributed by atoms with E-state index in [9.17, 15) is 4.79 Å². The molecule has 0 spiro atoms. The van der Waals surface area contributed by atoms with E-state index in [1.165, 1.54) is 0 Å². The van der Waals surface area contributed by atoms with Crippen molar-refractivity contribution in [2.24, 2.45) is 0 Å². The Morgan fingerprint density at radius 2 is 2.04 bits per heavy atom. The van der Waals surface area contributed by atoms with Crippen LogP contribution in [0.5, 0.6) is 5.75 Å². The lowest BCUT2D eigenvalue weighted by Gasteiger charge is -2.32. The van der Waals surface area contributed by atoms with E-state index in [1.807, 2.05) is 43.3 Å². The minimum Gasteiger partial charge on any atom is -0.491 e. The first-order chi connectivity index (χ1) is 10.1. The van der Waals surface area contributed by atoms with Gasteiger partial charge in [-0.2, -0.15) is 0 Å². The van der Waals surface area contributed by atoms with Crippen molar-refractivity contribution in [1.29, 1.82) is 0 Å². The summed E-state index contributed by atoms with van der Waals surface area (Å²) in [6, 6.07) is 7.85. The monoisotopic (exact) mass is 363 g/mol. The average Bonchev–Trinajstić information content (AvgIpc) is 2.47. The van der Waals surface area contributed by atoms with Crippen LogP contribution in [0.15, 0.2) is 24.3 Å². The van der Waals surface area contributed by atoms with Crippen LogP contribution in [0.1, 0.15) is 17.3 Å². The lowest BCUT2D eigenvalue weighted by atomic mass is 10.1. The molecule has 1 heterocycles. The molecular weight excluding hydrogens is 337 g/mol. The summed E-state index contributed by atoms with van der Waals surface area (Å²) < 4.78 is 5.78. The van der Waals surface area contributed by atoms with Crippen molar-refractivity contribution in [3.05, 3.63) is 29.8 Å². The van der Waals surface area contributed by atoms with E-state index in [-0.39, 0.29) is 30.7 Å². The number of ether oxygens (including phenoxy) is 1. The Balaban J connectivity index is 0.00000242. The van der Waals surface area contributed by atoms with Gasteiger partial charge in [-0.1, -0.05) is 12.1 Å². The predicted octanol–water partition coefficient (Wildman–Crippen LogP) is 1.90. The Morgan fingerprint density at radius 1 is 1.35 bits per heavy atom. The summed E-state index contributed by atoms with van der Waals surface area (Å²) in [6.45, 7) is 5.83. The largest absolute Gasteiger partial charge is 0.491 e. The Morgan fingerprint density at radius 3 is 2.70 bits per heavy atom. The molecule has 2 rings (SSSR count). The number of carbonyl (C=O) groups is 1. The van der Waals surface area contributed by atoms with Crippen LogP contribution < -0.4 is 10.1 Å². The lowest BCUT2D eigenvalue weighted by Crippen LogP contribution is -2.51. The fraction of sp³-hybridized carbons (Fsp3) is 0.562. The summed E-state index contributed by atoms with van der Waals surface area (Å²) in [5, 5.41) is 3.35. The van der Waals surface area contributed by atoms with Crippen LogP contribution in [0.25, 0.3) is 0 Å². The first kappa shape index (κ1) is 22.0. The second kappa shape index (κ2) is 10.7. The number of likely N-dealkylation sites (N-methyl/N-ethyl adjacent to an activating group) is 1. The number of rotatable bonds is 5. The molecule has 1 saturated heterocycles. The topological polar surface area (TPSA) is 44.8 Å². The Hall–Kier alpha value is -1.01. The van der Waals surface area contributed by atoms with Crippen molar-refractivity contribution in [3.8, 4) is 5.75 Å². The quantitative estimate of drug-likeness (QED) is 0.867. The molecule has 1 aromatic rings. The number of hydrogen-bond acceptors (Lipinski definition) is 4. The van der Waals surface area contributed by atoms with Gasteiger partial charge >= 0.3 is 0 Å². The second-order valence-corrected chi connectivity index (χ2v) is 5.75. The van der Waals surface area contributed by atoms with Gasteiger partial charge in [-0.05, 0) is 33.2 Å². The molecule has 132 valence electrons. The number of nitrogens with zero attached hydrogens (tertiary/aromatic N) is 2.